The number of aryl methyl sites for hydroxylation is 1. The van der Waals surface area contributed by atoms with Gasteiger partial charge in [-0.1, -0.05) is 0 Å². The van der Waals surface area contributed by atoms with Crippen molar-refractivity contribution in [3.63, 3.8) is 0 Å². The molecule has 0 saturated carbocycles. The zero-order valence-electron chi connectivity index (χ0n) is 16.2. The number of nitrogens with zero attached hydrogens (tertiary/aromatic N) is 2. The maximum absolute atomic E-state index is 13.1. The Morgan fingerprint density at radius 2 is 1.68 bits per heavy atom. The average Bonchev–Trinajstić information content (AvgIpc) is 3.07. The quantitative estimate of drug-likeness (QED) is 0.617. The van der Waals surface area contributed by atoms with Gasteiger partial charge >= 0.3 is 12.4 Å². The van der Waals surface area contributed by atoms with Gasteiger partial charge in [0, 0.05) is 24.6 Å². The largest absolute Gasteiger partial charge is 0.416 e. The Morgan fingerprint density at radius 3 is 2.13 bits per heavy atom. The molecular weight excluding hydrogens is 452 g/mol. The molecule has 0 aliphatic rings. The summed E-state index contributed by atoms with van der Waals surface area (Å²) in [6, 6.07) is 0.562. The minimum absolute atomic E-state index is 0.0756. The molecule has 1 aromatic heterocycles. The van der Waals surface area contributed by atoms with Crippen molar-refractivity contribution < 1.29 is 40.7 Å². The molecule has 0 saturated heterocycles. The fourth-order valence-corrected chi connectivity index (χ4v) is 3.16. The lowest BCUT2D eigenvalue weighted by Crippen LogP contribution is -2.40. The highest BCUT2D eigenvalue weighted by atomic mass is 32.1. The van der Waals surface area contributed by atoms with E-state index in [-0.39, 0.29) is 24.3 Å². The number of hydrogen-bond acceptors (Lipinski definition) is 5. The maximum Gasteiger partial charge on any atom is 0.416 e. The third-order valence-corrected chi connectivity index (χ3v) is 4.76. The summed E-state index contributed by atoms with van der Waals surface area (Å²) in [5.41, 5.74) is -3.47. The Labute approximate surface area is 176 Å². The molecule has 1 heterocycles. The van der Waals surface area contributed by atoms with Gasteiger partial charge < -0.3 is 15.0 Å². The third-order valence-electron chi connectivity index (χ3n) is 3.89. The molecule has 1 N–H and O–H groups in total. The molecule has 0 aliphatic heterocycles. The SMILES string of the molecule is COCCN(CC(=O)Nc1nc(C)cs1)C(=O)c1cc(C(F)(F)F)cc(C(F)(F)F)c1. The van der Waals surface area contributed by atoms with Crippen LogP contribution in [0.25, 0.3) is 0 Å². The molecule has 13 heteroatoms. The van der Waals surface area contributed by atoms with Crippen LogP contribution in [0.2, 0.25) is 0 Å². The molecule has 6 nitrogen and oxygen atoms in total. The number of hydrogen-bond donors (Lipinski definition) is 1. The number of rotatable bonds is 7. The summed E-state index contributed by atoms with van der Waals surface area (Å²) in [5.74, 6) is -1.90. The highest BCUT2D eigenvalue weighted by Crippen LogP contribution is 2.36. The number of ether oxygens (including phenoxy) is 1. The van der Waals surface area contributed by atoms with Gasteiger partial charge in [-0.05, 0) is 25.1 Å². The van der Waals surface area contributed by atoms with E-state index in [2.05, 4.69) is 10.3 Å². The molecule has 0 unspecified atom stereocenters. The first-order chi connectivity index (χ1) is 14.3. The lowest BCUT2D eigenvalue weighted by Gasteiger charge is -2.23. The Balaban J connectivity index is 2.33. The number of thiazole rings is 1. The Bertz CT molecular complexity index is 910. The van der Waals surface area contributed by atoms with Gasteiger partial charge in [0.1, 0.15) is 6.54 Å². The number of carbonyl (C=O) groups excluding carboxylic acids is 2. The van der Waals surface area contributed by atoms with Crippen molar-refractivity contribution in [3.8, 4) is 0 Å². The molecule has 0 aliphatic carbocycles. The Hall–Kier alpha value is -2.67. The second-order valence-corrected chi connectivity index (χ2v) is 7.21. The fraction of sp³-hybridized carbons (Fsp3) is 0.389. The zero-order chi connectivity index (χ0) is 23.4. The normalized spacial score (nSPS) is 12.0. The Kier molecular flexibility index (Phi) is 7.65. The first kappa shape index (κ1) is 24.6. The van der Waals surface area contributed by atoms with E-state index in [1.165, 1.54) is 7.11 Å². The van der Waals surface area contributed by atoms with E-state index in [0.717, 1.165) is 16.2 Å². The number of benzene rings is 1. The van der Waals surface area contributed by atoms with Crippen LogP contribution in [-0.4, -0.2) is 48.5 Å². The van der Waals surface area contributed by atoms with E-state index in [1.807, 2.05) is 0 Å². The van der Waals surface area contributed by atoms with Crippen molar-refractivity contribution in [2.75, 3.05) is 32.1 Å². The minimum Gasteiger partial charge on any atom is -0.383 e. The third kappa shape index (κ3) is 6.92. The van der Waals surface area contributed by atoms with E-state index >= 15 is 0 Å². The predicted molar refractivity (Wildman–Crippen MR) is 99.7 cm³/mol. The van der Waals surface area contributed by atoms with E-state index in [4.69, 9.17) is 4.74 Å². The van der Waals surface area contributed by atoms with Crippen LogP contribution < -0.4 is 5.32 Å². The lowest BCUT2D eigenvalue weighted by atomic mass is 10.0. The van der Waals surface area contributed by atoms with Gasteiger partial charge in [0.2, 0.25) is 5.91 Å². The molecule has 2 amide bonds. The second-order valence-electron chi connectivity index (χ2n) is 6.36. The van der Waals surface area contributed by atoms with Crippen LogP contribution in [0.4, 0.5) is 31.5 Å². The molecule has 0 radical (unpaired) electrons. The average molecular weight is 469 g/mol. The van der Waals surface area contributed by atoms with Gasteiger partial charge in [0.05, 0.1) is 23.4 Å². The zero-order valence-corrected chi connectivity index (χ0v) is 17.0. The van der Waals surface area contributed by atoms with Gasteiger partial charge in [-0.15, -0.1) is 11.3 Å². The number of nitrogens with one attached hydrogen (secondary N) is 1. The van der Waals surface area contributed by atoms with Gasteiger partial charge in [-0.3, -0.25) is 9.59 Å². The van der Waals surface area contributed by atoms with Crippen LogP contribution in [-0.2, 0) is 21.9 Å². The number of amides is 2. The monoisotopic (exact) mass is 469 g/mol. The number of methoxy groups -OCH3 is 1. The molecule has 0 atom stereocenters. The summed E-state index contributed by atoms with van der Waals surface area (Å²) in [4.78, 5) is 29.8. The number of halogens is 6. The van der Waals surface area contributed by atoms with Crippen molar-refractivity contribution >= 4 is 28.3 Å². The predicted octanol–water partition coefficient (Wildman–Crippen LogP) is 4.22. The van der Waals surface area contributed by atoms with E-state index in [0.29, 0.717) is 17.8 Å². The van der Waals surface area contributed by atoms with Crippen LogP contribution in [0.3, 0.4) is 0 Å². The molecular formula is C18H17F6N3O3S. The highest BCUT2D eigenvalue weighted by Gasteiger charge is 2.38. The second kappa shape index (κ2) is 9.64. The summed E-state index contributed by atoms with van der Waals surface area (Å²) in [5, 5.41) is 4.31. The van der Waals surface area contributed by atoms with Crippen molar-refractivity contribution in [1.29, 1.82) is 0 Å². The minimum atomic E-state index is -5.10. The summed E-state index contributed by atoms with van der Waals surface area (Å²) in [7, 11) is 1.28. The summed E-state index contributed by atoms with van der Waals surface area (Å²) in [6.07, 6.45) is -10.2. The molecule has 0 fully saturated rings. The molecule has 2 aromatic rings. The lowest BCUT2D eigenvalue weighted by molar-refractivity contribution is -0.143. The maximum atomic E-state index is 13.1. The van der Waals surface area contributed by atoms with Gasteiger partial charge in [0.15, 0.2) is 5.13 Å². The number of alkyl halides is 6. The van der Waals surface area contributed by atoms with Gasteiger partial charge in [-0.2, -0.15) is 26.3 Å². The smallest absolute Gasteiger partial charge is 0.383 e. The fourth-order valence-electron chi connectivity index (χ4n) is 2.46. The summed E-state index contributed by atoms with van der Waals surface area (Å²) >= 11 is 1.12. The highest BCUT2D eigenvalue weighted by molar-refractivity contribution is 7.13. The first-order valence-electron chi connectivity index (χ1n) is 8.61. The van der Waals surface area contributed by atoms with Crippen LogP contribution in [0.1, 0.15) is 27.2 Å². The van der Waals surface area contributed by atoms with E-state index < -0.39 is 47.4 Å². The summed E-state index contributed by atoms with van der Waals surface area (Å²) < 4.78 is 83.3. The molecule has 1 aromatic carbocycles. The first-order valence-corrected chi connectivity index (χ1v) is 9.49. The molecule has 170 valence electrons. The molecule has 31 heavy (non-hydrogen) atoms. The van der Waals surface area contributed by atoms with Gasteiger partial charge in [-0.25, -0.2) is 4.98 Å². The number of carbonyl (C=O) groups is 2. The van der Waals surface area contributed by atoms with Gasteiger partial charge in [0.25, 0.3) is 5.91 Å². The summed E-state index contributed by atoms with van der Waals surface area (Å²) in [6.45, 7) is 0.725. The standard InChI is InChI=1S/C18H17F6N3O3S/c1-10-9-31-16(25-10)26-14(28)8-27(3-4-30-2)15(29)11-5-12(17(19,20)21)7-13(6-11)18(22,23)24/h5-7,9H,3-4,8H2,1-2H3,(H,25,26,28). The van der Waals surface area contributed by atoms with E-state index in [9.17, 15) is 35.9 Å². The van der Waals surface area contributed by atoms with Crippen LogP contribution >= 0.6 is 11.3 Å². The van der Waals surface area contributed by atoms with E-state index in [1.54, 1.807) is 12.3 Å². The number of aromatic nitrogens is 1. The van der Waals surface area contributed by atoms with Crippen molar-refractivity contribution in [3.05, 3.63) is 46.0 Å². The molecule has 0 bridgehead atoms. The molecule has 2 rings (SSSR count). The van der Waals surface area contributed by atoms with Crippen LogP contribution in [0.15, 0.2) is 23.6 Å². The van der Waals surface area contributed by atoms with Crippen molar-refractivity contribution in [2.45, 2.75) is 19.3 Å². The van der Waals surface area contributed by atoms with Crippen LogP contribution in [0.5, 0.6) is 0 Å². The topological polar surface area (TPSA) is 71.5 Å². The van der Waals surface area contributed by atoms with Crippen LogP contribution in [0, 0.1) is 6.92 Å². The molecule has 0 spiro atoms. The Morgan fingerprint density at radius 1 is 1.10 bits per heavy atom. The number of anilines is 1. The van der Waals surface area contributed by atoms with Crippen molar-refractivity contribution in [2.24, 2.45) is 0 Å². The van der Waals surface area contributed by atoms with Crippen molar-refractivity contribution in [1.82, 2.24) is 9.88 Å².